The number of hydrogen-bond acceptors (Lipinski definition) is 5. The molecule has 1 atom stereocenters. The molecular formula is C11H11NO5S. The maximum absolute atomic E-state index is 11.5. The summed E-state index contributed by atoms with van der Waals surface area (Å²) in [6, 6.07) is 8.34. The number of hydrogen-bond donors (Lipinski definition) is 0. The normalized spacial score (nSPS) is 17.7. The first-order valence-corrected chi connectivity index (χ1v) is 6.36. The zero-order chi connectivity index (χ0) is 13.0. The van der Waals surface area contributed by atoms with Crippen LogP contribution in [0.4, 0.5) is 0 Å². The van der Waals surface area contributed by atoms with Crippen molar-refractivity contribution in [3.63, 3.8) is 0 Å². The Kier molecular flexibility index (Phi) is 4.06. The number of hydroxylamine groups is 2. The molecule has 1 aliphatic rings. The van der Waals surface area contributed by atoms with Crippen LogP contribution in [0.15, 0.2) is 30.3 Å². The van der Waals surface area contributed by atoms with Crippen molar-refractivity contribution in [1.82, 2.24) is 5.06 Å². The van der Waals surface area contributed by atoms with Crippen molar-refractivity contribution in [2.45, 2.75) is 19.3 Å². The number of amides is 2. The molecule has 1 unspecified atom stereocenters. The van der Waals surface area contributed by atoms with Gasteiger partial charge in [-0.1, -0.05) is 18.2 Å². The highest BCUT2D eigenvalue weighted by Gasteiger charge is 2.29. The standard InChI is InChI=1S/C11H11NO5S/c13-10-7-4-8-11(14)12(10)17-18(15)16-9-5-2-1-3-6-9/h1-3,5-6H,4,7-8H2. The lowest BCUT2D eigenvalue weighted by molar-refractivity contribution is -0.175. The third kappa shape index (κ3) is 3.14. The lowest BCUT2D eigenvalue weighted by atomic mass is 10.1. The number of piperidine rings is 1. The van der Waals surface area contributed by atoms with Crippen molar-refractivity contribution in [3.8, 4) is 5.75 Å². The van der Waals surface area contributed by atoms with Gasteiger partial charge in [0.05, 0.1) is 0 Å². The van der Waals surface area contributed by atoms with Crippen LogP contribution in [0.5, 0.6) is 5.75 Å². The summed E-state index contributed by atoms with van der Waals surface area (Å²) >= 11 is -2.23. The first-order chi connectivity index (χ1) is 8.66. The molecule has 2 amide bonds. The van der Waals surface area contributed by atoms with Gasteiger partial charge in [0.25, 0.3) is 11.8 Å². The van der Waals surface area contributed by atoms with Gasteiger partial charge in [0.15, 0.2) is 0 Å². The molecule has 0 saturated carbocycles. The van der Waals surface area contributed by atoms with Gasteiger partial charge < -0.3 is 4.18 Å². The first-order valence-electron chi connectivity index (χ1n) is 5.36. The van der Waals surface area contributed by atoms with E-state index in [9.17, 15) is 13.8 Å². The van der Waals surface area contributed by atoms with Gasteiger partial charge in [-0.3, -0.25) is 9.59 Å². The molecule has 96 valence electrons. The zero-order valence-corrected chi connectivity index (χ0v) is 10.2. The van der Waals surface area contributed by atoms with Gasteiger partial charge in [-0.15, -0.1) is 9.35 Å². The van der Waals surface area contributed by atoms with Gasteiger partial charge in [-0.2, -0.15) is 4.21 Å². The quantitative estimate of drug-likeness (QED) is 0.766. The van der Waals surface area contributed by atoms with E-state index in [4.69, 9.17) is 8.47 Å². The summed E-state index contributed by atoms with van der Waals surface area (Å²) in [5, 5.41) is 0.516. The lowest BCUT2D eigenvalue weighted by Crippen LogP contribution is -2.40. The van der Waals surface area contributed by atoms with Crippen molar-refractivity contribution in [2.24, 2.45) is 0 Å². The number of benzene rings is 1. The smallest absolute Gasteiger partial charge is 0.379 e. The van der Waals surface area contributed by atoms with E-state index >= 15 is 0 Å². The van der Waals surface area contributed by atoms with Gasteiger partial charge in [-0.25, -0.2) is 0 Å². The van der Waals surface area contributed by atoms with Gasteiger partial charge in [0.2, 0.25) is 0 Å². The number of carbonyl (C=O) groups excluding carboxylic acids is 2. The predicted molar refractivity (Wildman–Crippen MR) is 62.0 cm³/mol. The van der Waals surface area contributed by atoms with Crippen molar-refractivity contribution in [2.75, 3.05) is 0 Å². The minimum absolute atomic E-state index is 0.203. The molecule has 1 saturated heterocycles. The summed E-state index contributed by atoms with van der Waals surface area (Å²) in [4.78, 5) is 22.8. The molecule has 1 aliphatic heterocycles. The Labute approximate surface area is 106 Å². The van der Waals surface area contributed by atoms with Crippen LogP contribution < -0.4 is 4.18 Å². The molecule has 18 heavy (non-hydrogen) atoms. The Hall–Kier alpha value is -1.73. The van der Waals surface area contributed by atoms with Crippen molar-refractivity contribution in [3.05, 3.63) is 30.3 Å². The van der Waals surface area contributed by atoms with Crippen LogP contribution in [-0.4, -0.2) is 21.1 Å². The van der Waals surface area contributed by atoms with Crippen LogP contribution in [0, 0.1) is 0 Å². The number of imide groups is 1. The first kappa shape index (κ1) is 12.7. The van der Waals surface area contributed by atoms with E-state index in [0.717, 1.165) is 0 Å². The molecule has 0 N–H and O–H groups in total. The van der Waals surface area contributed by atoms with Crippen molar-refractivity contribution in [1.29, 1.82) is 0 Å². The fraction of sp³-hybridized carbons (Fsp3) is 0.273. The van der Waals surface area contributed by atoms with E-state index in [1.165, 1.54) is 0 Å². The van der Waals surface area contributed by atoms with Crippen LogP contribution in [0.3, 0.4) is 0 Å². The van der Waals surface area contributed by atoms with Crippen LogP contribution in [0.1, 0.15) is 19.3 Å². The van der Waals surface area contributed by atoms with E-state index < -0.39 is 23.2 Å². The number of carbonyl (C=O) groups is 2. The lowest BCUT2D eigenvalue weighted by Gasteiger charge is -2.21. The fourth-order valence-corrected chi connectivity index (χ4v) is 2.03. The third-order valence-electron chi connectivity index (χ3n) is 2.28. The van der Waals surface area contributed by atoms with Crippen LogP contribution in [0.2, 0.25) is 0 Å². The Morgan fingerprint density at radius 2 is 1.67 bits per heavy atom. The van der Waals surface area contributed by atoms with E-state index in [0.29, 0.717) is 17.2 Å². The molecule has 1 fully saturated rings. The van der Waals surface area contributed by atoms with Crippen LogP contribution in [-0.2, 0) is 25.2 Å². The van der Waals surface area contributed by atoms with Crippen molar-refractivity contribution < 1.29 is 22.3 Å². The Balaban J connectivity index is 1.94. The molecule has 0 bridgehead atoms. The molecule has 0 radical (unpaired) electrons. The highest BCUT2D eigenvalue weighted by molar-refractivity contribution is 7.75. The molecule has 1 aromatic carbocycles. The van der Waals surface area contributed by atoms with Gasteiger partial charge >= 0.3 is 11.4 Å². The second-order valence-corrected chi connectivity index (χ2v) is 4.33. The highest BCUT2D eigenvalue weighted by Crippen LogP contribution is 2.15. The molecule has 2 rings (SSSR count). The van der Waals surface area contributed by atoms with E-state index in [1.54, 1.807) is 30.3 Å². The van der Waals surface area contributed by atoms with Gasteiger partial charge in [0, 0.05) is 12.8 Å². The number of rotatable bonds is 4. The summed E-state index contributed by atoms with van der Waals surface area (Å²) in [7, 11) is 0. The fourth-order valence-electron chi connectivity index (χ4n) is 1.45. The summed E-state index contributed by atoms with van der Waals surface area (Å²) in [6.45, 7) is 0. The minimum atomic E-state index is -2.23. The SMILES string of the molecule is O=C1CCCC(=O)N1OS(=O)Oc1ccccc1. The van der Waals surface area contributed by atoms with E-state index in [-0.39, 0.29) is 12.8 Å². The number of nitrogens with zero attached hydrogens (tertiary/aromatic N) is 1. The minimum Gasteiger partial charge on any atom is -0.379 e. The molecule has 0 aromatic heterocycles. The Bertz CT molecular complexity index is 460. The number of para-hydroxylation sites is 1. The monoisotopic (exact) mass is 269 g/mol. The van der Waals surface area contributed by atoms with Crippen LogP contribution in [0.25, 0.3) is 0 Å². The van der Waals surface area contributed by atoms with E-state index in [2.05, 4.69) is 0 Å². The Morgan fingerprint density at radius 3 is 2.28 bits per heavy atom. The molecule has 6 nitrogen and oxygen atoms in total. The topological polar surface area (TPSA) is 72.9 Å². The van der Waals surface area contributed by atoms with Gasteiger partial charge in [-0.05, 0) is 18.6 Å². The predicted octanol–water partition coefficient (Wildman–Crippen LogP) is 1.11. The molecular weight excluding hydrogens is 258 g/mol. The molecule has 1 aromatic rings. The van der Waals surface area contributed by atoms with Gasteiger partial charge in [0.1, 0.15) is 5.75 Å². The average Bonchev–Trinajstić information content (AvgIpc) is 2.35. The second-order valence-electron chi connectivity index (χ2n) is 3.61. The average molecular weight is 269 g/mol. The molecule has 1 heterocycles. The largest absolute Gasteiger partial charge is 0.383 e. The summed E-state index contributed by atoms with van der Waals surface area (Å²) in [5.74, 6) is -0.680. The summed E-state index contributed by atoms with van der Waals surface area (Å²) in [6.07, 6.45) is 0.895. The molecule has 0 aliphatic carbocycles. The van der Waals surface area contributed by atoms with E-state index in [1.807, 2.05) is 0 Å². The van der Waals surface area contributed by atoms with Crippen LogP contribution >= 0.6 is 0 Å². The summed E-state index contributed by atoms with van der Waals surface area (Å²) in [5.41, 5.74) is 0. The second kappa shape index (κ2) is 5.74. The zero-order valence-electron chi connectivity index (χ0n) is 9.40. The maximum Gasteiger partial charge on any atom is 0.383 e. The molecule has 7 heteroatoms. The van der Waals surface area contributed by atoms with Crippen molar-refractivity contribution >= 4 is 23.2 Å². The molecule has 0 spiro atoms. The maximum atomic E-state index is 11.5. The summed E-state index contributed by atoms with van der Waals surface area (Å²) < 4.78 is 21.1. The third-order valence-corrected chi connectivity index (χ3v) is 2.88. The Morgan fingerprint density at radius 1 is 1.06 bits per heavy atom. The highest BCUT2D eigenvalue weighted by atomic mass is 32.2.